The predicted molar refractivity (Wildman–Crippen MR) is 118 cm³/mol. The maximum atomic E-state index is 11.9. The first-order chi connectivity index (χ1) is 15.5. The van der Waals surface area contributed by atoms with Crippen LogP contribution in [0.3, 0.4) is 0 Å². The molecule has 0 aliphatic heterocycles. The summed E-state index contributed by atoms with van der Waals surface area (Å²) in [4.78, 5) is 33.5. The van der Waals surface area contributed by atoms with E-state index in [0.29, 0.717) is 17.3 Å². The first-order valence-corrected chi connectivity index (χ1v) is 9.75. The normalized spacial score (nSPS) is 10.7. The second-order valence-electron chi connectivity index (χ2n) is 6.87. The summed E-state index contributed by atoms with van der Waals surface area (Å²) in [5.41, 5.74) is 2.74. The molecule has 0 aliphatic rings. The molecule has 10 heteroatoms. The Morgan fingerprint density at radius 2 is 1.72 bits per heavy atom. The van der Waals surface area contributed by atoms with Gasteiger partial charge in [0, 0.05) is 29.7 Å². The molecule has 4 rings (SSSR count). The van der Waals surface area contributed by atoms with Gasteiger partial charge in [0.25, 0.3) is 0 Å². The summed E-state index contributed by atoms with van der Waals surface area (Å²) in [6.07, 6.45) is 3.03. The van der Waals surface area contributed by atoms with E-state index in [9.17, 15) is 9.59 Å². The first kappa shape index (κ1) is 20.8. The number of aliphatic carboxylic acids is 1. The number of carbonyl (C=O) groups is 2. The summed E-state index contributed by atoms with van der Waals surface area (Å²) >= 11 is 0. The van der Waals surface area contributed by atoms with Gasteiger partial charge in [-0.15, -0.1) is 0 Å². The lowest BCUT2D eigenvalue weighted by molar-refractivity contribution is -0.138. The van der Waals surface area contributed by atoms with Gasteiger partial charge in [0.2, 0.25) is 11.9 Å². The van der Waals surface area contributed by atoms with Crippen LogP contribution in [0, 0.1) is 0 Å². The highest BCUT2D eigenvalue weighted by Gasteiger charge is 2.17. The average Bonchev–Trinajstić information content (AvgIpc) is 3.27. The molecule has 2 heterocycles. The number of methoxy groups -OCH3 is 1. The molecule has 0 unspecified atom stereocenters. The van der Waals surface area contributed by atoms with E-state index in [4.69, 9.17) is 9.84 Å². The summed E-state index contributed by atoms with van der Waals surface area (Å²) in [7, 11) is 1.60. The van der Waals surface area contributed by atoms with E-state index in [1.807, 2.05) is 41.3 Å². The zero-order chi connectivity index (χ0) is 22.5. The van der Waals surface area contributed by atoms with Gasteiger partial charge in [-0.05, 0) is 48.5 Å². The monoisotopic (exact) mass is 432 g/mol. The van der Waals surface area contributed by atoms with Crippen LogP contribution in [-0.4, -0.2) is 44.3 Å². The van der Waals surface area contributed by atoms with Gasteiger partial charge in [0.15, 0.2) is 5.65 Å². The first-order valence-electron chi connectivity index (χ1n) is 9.75. The second-order valence-corrected chi connectivity index (χ2v) is 6.87. The van der Waals surface area contributed by atoms with Crippen molar-refractivity contribution in [1.82, 2.24) is 20.2 Å². The number of carboxylic acids is 1. The third-order valence-electron chi connectivity index (χ3n) is 4.68. The molecule has 0 atom stereocenters. The molecule has 0 saturated heterocycles. The molecule has 2 aromatic heterocycles. The zero-order valence-electron chi connectivity index (χ0n) is 17.1. The lowest BCUT2D eigenvalue weighted by atomic mass is 10.2. The Bertz CT molecular complexity index is 1240. The van der Waals surface area contributed by atoms with E-state index < -0.39 is 5.97 Å². The van der Waals surface area contributed by atoms with Crippen LogP contribution in [0.5, 0.6) is 5.75 Å². The number of carboxylic acid groups (broad SMARTS) is 1. The van der Waals surface area contributed by atoms with Crippen molar-refractivity contribution in [3.63, 3.8) is 0 Å². The van der Waals surface area contributed by atoms with Crippen LogP contribution in [0.15, 0.2) is 60.9 Å². The van der Waals surface area contributed by atoms with Crippen LogP contribution in [0.25, 0.3) is 11.0 Å². The van der Waals surface area contributed by atoms with Gasteiger partial charge in [0.1, 0.15) is 5.75 Å². The van der Waals surface area contributed by atoms with Crippen molar-refractivity contribution in [2.45, 2.75) is 12.8 Å². The average molecular weight is 432 g/mol. The molecule has 10 nitrogen and oxygen atoms in total. The summed E-state index contributed by atoms with van der Waals surface area (Å²) in [6.45, 7) is 0. The lowest BCUT2D eigenvalue weighted by Crippen LogP contribution is -2.15. The van der Waals surface area contributed by atoms with Crippen LogP contribution >= 0.6 is 0 Å². The molecular formula is C22H20N6O4. The largest absolute Gasteiger partial charge is 0.497 e. The second kappa shape index (κ2) is 9.13. The highest BCUT2D eigenvalue weighted by Crippen LogP contribution is 2.34. The van der Waals surface area contributed by atoms with Crippen LogP contribution in [-0.2, 0) is 9.59 Å². The maximum absolute atomic E-state index is 11.9. The number of benzene rings is 2. The minimum absolute atomic E-state index is 0.0902. The van der Waals surface area contributed by atoms with Gasteiger partial charge in [-0.2, -0.15) is 10.1 Å². The molecule has 32 heavy (non-hydrogen) atoms. The molecule has 1 amide bonds. The molecular weight excluding hydrogens is 412 g/mol. The Labute approximate surface area is 182 Å². The number of nitrogens with one attached hydrogen (secondary N) is 2. The number of carbonyl (C=O) groups excluding carboxylic acids is 1. The number of nitrogens with zero attached hydrogens (tertiary/aromatic N) is 4. The van der Waals surface area contributed by atoms with Crippen LogP contribution in [0.4, 0.5) is 23.0 Å². The molecule has 0 saturated carbocycles. The molecule has 0 bridgehead atoms. The minimum atomic E-state index is -1.01. The molecule has 0 radical (unpaired) electrons. The molecule has 0 aliphatic carbocycles. The topological polar surface area (TPSA) is 133 Å². The lowest BCUT2D eigenvalue weighted by Gasteiger charge is -2.23. The Kier molecular flexibility index (Phi) is 5.93. The van der Waals surface area contributed by atoms with E-state index in [0.717, 1.165) is 22.5 Å². The summed E-state index contributed by atoms with van der Waals surface area (Å²) < 4.78 is 5.25. The third-order valence-corrected chi connectivity index (χ3v) is 4.68. The van der Waals surface area contributed by atoms with E-state index in [2.05, 4.69) is 25.5 Å². The number of ether oxygens (including phenoxy) is 1. The van der Waals surface area contributed by atoms with Gasteiger partial charge in [0.05, 0.1) is 25.1 Å². The number of aromatic amines is 1. The Morgan fingerprint density at radius 1 is 1.03 bits per heavy atom. The van der Waals surface area contributed by atoms with Crippen molar-refractivity contribution in [2.75, 3.05) is 17.3 Å². The highest BCUT2D eigenvalue weighted by molar-refractivity contribution is 5.92. The fourth-order valence-corrected chi connectivity index (χ4v) is 3.09. The minimum Gasteiger partial charge on any atom is -0.497 e. The quantitative estimate of drug-likeness (QED) is 0.384. The van der Waals surface area contributed by atoms with Gasteiger partial charge in [-0.25, -0.2) is 4.98 Å². The standard InChI is InChI=1S/C22H20N6O4/c1-32-18-8-6-17(7-9-18)28(22-23-12-14-13-24-27-21(14)26-22)16-4-2-15(3-5-16)25-19(29)10-11-20(30)31/h2-9,12-13H,10-11H2,1H3,(H,25,29)(H,30,31)(H,23,24,26,27). The molecule has 0 fully saturated rings. The van der Waals surface area contributed by atoms with E-state index in [1.165, 1.54) is 0 Å². The summed E-state index contributed by atoms with van der Waals surface area (Å²) in [5.74, 6) is -0.219. The Hall–Kier alpha value is -4.47. The number of hydrogen-bond donors (Lipinski definition) is 3. The van der Waals surface area contributed by atoms with Crippen molar-refractivity contribution >= 4 is 45.9 Å². The number of rotatable bonds is 8. The molecule has 0 spiro atoms. The highest BCUT2D eigenvalue weighted by atomic mass is 16.5. The van der Waals surface area contributed by atoms with Gasteiger partial charge < -0.3 is 15.2 Å². The number of anilines is 4. The number of hydrogen-bond acceptors (Lipinski definition) is 7. The van der Waals surface area contributed by atoms with Crippen molar-refractivity contribution in [3.05, 3.63) is 60.9 Å². The van der Waals surface area contributed by atoms with Gasteiger partial charge in [-0.3, -0.25) is 19.6 Å². The summed E-state index contributed by atoms with van der Waals surface area (Å²) in [6, 6.07) is 14.6. The molecule has 2 aromatic carbocycles. The van der Waals surface area contributed by atoms with Crippen LogP contribution < -0.4 is 15.0 Å². The Morgan fingerprint density at radius 3 is 2.38 bits per heavy atom. The van der Waals surface area contributed by atoms with Crippen LogP contribution in [0.1, 0.15) is 12.8 Å². The number of aromatic nitrogens is 4. The van der Waals surface area contributed by atoms with Gasteiger partial charge >= 0.3 is 5.97 Å². The van der Waals surface area contributed by atoms with Gasteiger partial charge in [-0.1, -0.05) is 0 Å². The van der Waals surface area contributed by atoms with Crippen molar-refractivity contribution in [1.29, 1.82) is 0 Å². The van der Waals surface area contributed by atoms with Crippen molar-refractivity contribution < 1.29 is 19.4 Å². The Balaban J connectivity index is 1.64. The zero-order valence-corrected chi connectivity index (χ0v) is 17.1. The van der Waals surface area contributed by atoms with Crippen LogP contribution in [0.2, 0.25) is 0 Å². The third kappa shape index (κ3) is 4.64. The molecule has 3 N–H and O–H groups in total. The maximum Gasteiger partial charge on any atom is 0.303 e. The van der Waals surface area contributed by atoms with Crippen molar-refractivity contribution in [3.8, 4) is 5.75 Å². The predicted octanol–water partition coefficient (Wildman–Crippen LogP) is 3.63. The SMILES string of the molecule is COc1ccc(N(c2ccc(NC(=O)CCC(=O)O)cc2)c2ncc3cn[nH]c3n2)cc1. The van der Waals surface area contributed by atoms with E-state index >= 15 is 0 Å². The smallest absolute Gasteiger partial charge is 0.303 e. The molecule has 162 valence electrons. The summed E-state index contributed by atoms with van der Waals surface area (Å²) in [5, 5.41) is 19.1. The molecule has 4 aromatic rings. The van der Waals surface area contributed by atoms with E-state index in [-0.39, 0.29) is 18.7 Å². The van der Waals surface area contributed by atoms with Crippen molar-refractivity contribution in [2.24, 2.45) is 0 Å². The fourth-order valence-electron chi connectivity index (χ4n) is 3.09. The van der Waals surface area contributed by atoms with E-state index in [1.54, 1.807) is 31.6 Å². The number of H-pyrrole nitrogens is 1. The number of amides is 1. The number of fused-ring (bicyclic) bond motifs is 1. The fraction of sp³-hybridized carbons (Fsp3) is 0.136.